The molecular weight excluding hydrogens is 276 g/mol. The van der Waals surface area contributed by atoms with Crippen molar-refractivity contribution < 1.29 is 14.1 Å². The van der Waals surface area contributed by atoms with Gasteiger partial charge in [-0.15, -0.1) is 10.2 Å². The number of rotatable bonds is 7. The monoisotopic (exact) mass is 292 g/mol. The summed E-state index contributed by atoms with van der Waals surface area (Å²) < 4.78 is 10.5. The first-order valence-corrected chi connectivity index (χ1v) is 6.45. The molecule has 0 aliphatic carbocycles. The largest absolute Gasteiger partial charge is 0.490 e. The lowest BCUT2D eigenvalue weighted by atomic mass is 10.2. The Morgan fingerprint density at radius 2 is 2.24 bits per heavy atom. The molecule has 2 rings (SSSR count). The van der Waals surface area contributed by atoms with Crippen molar-refractivity contribution in [1.29, 1.82) is 0 Å². The van der Waals surface area contributed by atoms with Crippen LogP contribution in [-0.2, 0) is 6.42 Å². The third kappa shape index (κ3) is 3.54. The molecule has 0 fully saturated rings. The number of hydrogen-bond donors (Lipinski definition) is 1. The number of methoxy groups -OCH3 is 1. The molecule has 1 N–H and O–H groups in total. The number of nitro groups is 1. The van der Waals surface area contributed by atoms with Crippen LogP contribution in [0.4, 0.5) is 5.69 Å². The number of aryl methyl sites for hydroxylation is 1. The maximum Gasteiger partial charge on any atom is 0.311 e. The zero-order valence-electron chi connectivity index (χ0n) is 11.8. The van der Waals surface area contributed by atoms with Crippen molar-refractivity contribution in [2.45, 2.75) is 12.8 Å². The smallest absolute Gasteiger partial charge is 0.311 e. The predicted octanol–water partition coefficient (Wildman–Crippen LogP) is 1.81. The molecule has 0 saturated carbocycles. The van der Waals surface area contributed by atoms with Gasteiger partial charge in [0.25, 0.3) is 0 Å². The number of ether oxygens (including phenoxy) is 1. The molecule has 21 heavy (non-hydrogen) atoms. The highest BCUT2D eigenvalue weighted by atomic mass is 16.6. The van der Waals surface area contributed by atoms with Gasteiger partial charge in [-0.25, -0.2) is 0 Å². The average molecular weight is 292 g/mol. The molecule has 0 aliphatic heterocycles. The van der Waals surface area contributed by atoms with Gasteiger partial charge in [0, 0.05) is 18.1 Å². The van der Waals surface area contributed by atoms with Crippen LogP contribution in [0.5, 0.6) is 5.75 Å². The highest BCUT2D eigenvalue weighted by Crippen LogP contribution is 2.31. The Morgan fingerprint density at radius 3 is 2.90 bits per heavy atom. The molecule has 0 bridgehead atoms. The van der Waals surface area contributed by atoms with Crippen LogP contribution in [0, 0.1) is 10.1 Å². The van der Waals surface area contributed by atoms with Crippen LogP contribution in [0.1, 0.15) is 12.3 Å². The minimum absolute atomic E-state index is 0.134. The molecule has 0 saturated heterocycles. The first-order chi connectivity index (χ1) is 10.2. The van der Waals surface area contributed by atoms with Crippen LogP contribution in [0.25, 0.3) is 11.5 Å². The quantitative estimate of drug-likeness (QED) is 0.471. The molecule has 8 nitrogen and oxygen atoms in total. The van der Waals surface area contributed by atoms with E-state index < -0.39 is 4.92 Å². The van der Waals surface area contributed by atoms with Gasteiger partial charge in [-0.3, -0.25) is 10.1 Å². The fourth-order valence-corrected chi connectivity index (χ4v) is 1.85. The molecule has 8 heteroatoms. The van der Waals surface area contributed by atoms with E-state index in [1.807, 2.05) is 7.05 Å². The highest BCUT2D eigenvalue weighted by Gasteiger charge is 2.18. The molecule has 0 amide bonds. The fraction of sp³-hybridized carbons (Fsp3) is 0.385. The minimum Gasteiger partial charge on any atom is -0.490 e. The van der Waals surface area contributed by atoms with Crippen molar-refractivity contribution in [3.8, 4) is 17.2 Å². The predicted molar refractivity (Wildman–Crippen MR) is 75.2 cm³/mol. The molecule has 0 unspecified atom stereocenters. The first-order valence-electron chi connectivity index (χ1n) is 6.45. The van der Waals surface area contributed by atoms with Crippen molar-refractivity contribution in [3.05, 3.63) is 34.2 Å². The molecular formula is C13H16N4O4. The van der Waals surface area contributed by atoms with Gasteiger partial charge < -0.3 is 14.5 Å². The van der Waals surface area contributed by atoms with Crippen LogP contribution in [0.3, 0.4) is 0 Å². The summed E-state index contributed by atoms with van der Waals surface area (Å²) in [6.45, 7) is 0.853. The van der Waals surface area contributed by atoms with E-state index in [2.05, 4.69) is 15.5 Å². The van der Waals surface area contributed by atoms with Gasteiger partial charge >= 0.3 is 5.69 Å². The number of nitro benzene ring substituents is 1. The lowest BCUT2D eigenvalue weighted by molar-refractivity contribution is -0.385. The Hall–Kier alpha value is -2.48. The van der Waals surface area contributed by atoms with Crippen LogP contribution in [0.15, 0.2) is 22.6 Å². The molecule has 0 radical (unpaired) electrons. The Kier molecular flexibility index (Phi) is 4.83. The van der Waals surface area contributed by atoms with Crippen molar-refractivity contribution in [2.75, 3.05) is 20.7 Å². The van der Waals surface area contributed by atoms with E-state index in [1.165, 1.54) is 19.2 Å². The third-order valence-corrected chi connectivity index (χ3v) is 2.91. The highest BCUT2D eigenvalue weighted by molar-refractivity contribution is 5.62. The number of aromatic nitrogens is 2. The summed E-state index contributed by atoms with van der Waals surface area (Å²) in [4.78, 5) is 10.5. The third-order valence-electron chi connectivity index (χ3n) is 2.91. The zero-order valence-corrected chi connectivity index (χ0v) is 11.8. The van der Waals surface area contributed by atoms with E-state index in [-0.39, 0.29) is 17.3 Å². The number of hydrogen-bond acceptors (Lipinski definition) is 7. The number of nitrogens with one attached hydrogen (secondary N) is 1. The molecule has 112 valence electrons. The summed E-state index contributed by atoms with van der Waals surface area (Å²) in [7, 11) is 3.25. The van der Waals surface area contributed by atoms with Crippen LogP contribution in [-0.4, -0.2) is 35.8 Å². The molecule has 0 spiro atoms. The van der Waals surface area contributed by atoms with Gasteiger partial charge in [0.1, 0.15) is 0 Å². The molecule has 1 aromatic carbocycles. The average Bonchev–Trinajstić information content (AvgIpc) is 2.95. The summed E-state index contributed by atoms with van der Waals surface area (Å²) >= 11 is 0. The van der Waals surface area contributed by atoms with Crippen LogP contribution >= 0.6 is 0 Å². The van der Waals surface area contributed by atoms with Gasteiger partial charge in [0.05, 0.1) is 12.0 Å². The normalized spacial score (nSPS) is 10.6. The Bertz CT molecular complexity index is 626. The summed E-state index contributed by atoms with van der Waals surface area (Å²) in [6, 6.07) is 4.53. The van der Waals surface area contributed by atoms with Crippen molar-refractivity contribution in [1.82, 2.24) is 15.5 Å². The zero-order chi connectivity index (χ0) is 15.2. The van der Waals surface area contributed by atoms with Gasteiger partial charge in [0.15, 0.2) is 5.75 Å². The van der Waals surface area contributed by atoms with Crippen molar-refractivity contribution in [2.24, 2.45) is 0 Å². The van der Waals surface area contributed by atoms with Gasteiger partial charge in [-0.2, -0.15) is 0 Å². The molecule has 2 aromatic rings. The maximum atomic E-state index is 11.0. The van der Waals surface area contributed by atoms with Crippen LogP contribution in [0.2, 0.25) is 0 Å². The minimum atomic E-state index is -0.507. The van der Waals surface area contributed by atoms with Gasteiger partial charge in [-0.1, -0.05) is 0 Å². The van der Waals surface area contributed by atoms with Crippen LogP contribution < -0.4 is 10.1 Å². The van der Waals surface area contributed by atoms with E-state index in [0.717, 1.165) is 13.0 Å². The number of nitrogens with zero attached hydrogens (tertiary/aromatic N) is 3. The summed E-state index contributed by atoms with van der Waals surface area (Å²) in [6.07, 6.45) is 1.53. The molecule has 0 atom stereocenters. The van der Waals surface area contributed by atoms with Crippen molar-refractivity contribution >= 4 is 5.69 Å². The fourth-order valence-electron chi connectivity index (χ4n) is 1.85. The second-order valence-electron chi connectivity index (χ2n) is 4.35. The lowest BCUT2D eigenvalue weighted by Gasteiger charge is -2.02. The Morgan fingerprint density at radius 1 is 1.43 bits per heavy atom. The van der Waals surface area contributed by atoms with E-state index in [1.54, 1.807) is 6.07 Å². The summed E-state index contributed by atoms with van der Waals surface area (Å²) in [5.74, 6) is 0.969. The topological polar surface area (TPSA) is 103 Å². The SMILES string of the molecule is CNCCCc1nnc(-c2ccc(OC)c([N+](=O)[O-])c2)o1. The van der Waals surface area contributed by atoms with E-state index in [9.17, 15) is 10.1 Å². The second kappa shape index (κ2) is 6.80. The Labute approximate surface area is 121 Å². The summed E-state index contributed by atoms with van der Waals surface area (Å²) in [5, 5.41) is 21.9. The first kappa shape index (κ1) is 14.9. The van der Waals surface area contributed by atoms with E-state index in [4.69, 9.17) is 9.15 Å². The van der Waals surface area contributed by atoms with Crippen molar-refractivity contribution in [3.63, 3.8) is 0 Å². The lowest BCUT2D eigenvalue weighted by Crippen LogP contribution is -2.08. The van der Waals surface area contributed by atoms with Gasteiger partial charge in [-0.05, 0) is 32.1 Å². The standard InChI is InChI=1S/C13H16N4O4/c1-14-7-3-4-12-15-16-13(21-12)9-5-6-11(20-2)10(8-9)17(18)19/h5-6,8,14H,3-4,7H2,1-2H3. The molecule has 1 aromatic heterocycles. The molecule has 1 heterocycles. The number of benzene rings is 1. The van der Waals surface area contributed by atoms with E-state index in [0.29, 0.717) is 17.9 Å². The van der Waals surface area contributed by atoms with E-state index >= 15 is 0 Å². The molecule has 0 aliphatic rings. The summed E-state index contributed by atoms with van der Waals surface area (Å²) in [5.41, 5.74) is 0.361. The second-order valence-corrected chi connectivity index (χ2v) is 4.35. The Balaban J connectivity index is 2.22. The maximum absolute atomic E-state index is 11.0. The van der Waals surface area contributed by atoms with Gasteiger partial charge in [0.2, 0.25) is 11.8 Å².